The Hall–Kier alpha value is -0.660. The van der Waals surface area contributed by atoms with E-state index in [4.69, 9.17) is 11.6 Å². The van der Waals surface area contributed by atoms with Gasteiger partial charge in [0.25, 0.3) is 0 Å². The molecule has 1 saturated carbocycles. The molecule has 7 heteroatoms. The molecule has 0 unspecified atom stereocenters. The first-order valence-electron chi connectivity index (χ1n) is 8.29. The van der Waals surface area contributed by atoms with Crippen molar-refractivity contribution < 1.29 is 8.42 Å². The average molecular weight is 358 g/mol. The van der Waals surface area contributed by atoms with Crippen molar-refractivity contribution in [2.24, 2.45) is 0 Å². The first-order chi connectivity index (χ1) is 11.1. The fourth-order valence-electron chi connectivity index (χ4n) is 3.58. The van der Waals surface area contributed by atoms with Crippen molar-refractivity contribution >= 4 is 21.6 Å². The van der Waals surface area contributed by atoms with Gasteiger partial charge in [-0.3, -0.25) is 4.90 Å². The summed E-state index contributed by atoms with van der Waals surface area (Å²) in [6, 6.07) is 6.64. The van der Waals surface area contributed by atoms with E-state index in [0.717, 1.165) is 45.4 Å². The molecule has 0 aromatic heterocycles. The predicted octanol–water partition coefficient (Wildman–Crippen LogP) is 1.83. The van der Waals surface area contributed by atoms with Gasteiger partial charge < -0.3 is 5.32 Å². The molecular weight excluding hydrogens is 334 g/mol. The summed E-state index contributed by atoms with van der Waals surface area (Å²) in [7, 11) is -3.50. The van der Waals surface area contributed by atoms with Crippen LogP contribution in [0.5, 0.6) is 0 Å². The van der Waals surface area contributed by atoms with Crippen molar-refractivity contribution in [2.75, 3.05) is 26.2 Å². The van der Waals surface area contributed by atoms with Gasteiger partial charge in [0.2, 0.25) is 10.0 Å². The number of nitrogens with zero attached hydrogens (tertiary/aromatic N) is 1. The van der Waals surface area contributed by atoms with E-state index in [2.05, 4.69) is 14.9 Å². The molecule has 23 heavy (non-hydrogen) atoms. The zero-order valence-corrected chi connectivity index (χ0v) is 14.7. The quantitative estimate of drug-likeness (QED) is 0.863. The van der Waals surface area contributed by atoms with Gasteiger partial charge in [-0.1, -0.05) is 24.4 Å². The second kappa shape index (κ2) is 7.49. The summed E-state index contributed by atoms with van der Waals surface area (Å²) in [5, 5.41) is 3.90. The lowest BCUT2D eigenvalue weighted by molar-refractivity contribution is 0.116. The Morgan fingerprint density at radius 1 is 1.09 bits per heavy atom. The highest BCUT2D eigenvalue weighted by atomic mass is 35.5. The SMILES string of the molecule is O=S(=O)(N[C@H]1CCCC[C@H]1N1CCNCC1)c1ccc(Cl)cc1. The molecule has 1 aromatic carbocycles. The maximum atomic E-state index is 12.7. The lowest BCUT2D eigenvalue weighted by Gasteiger charge is -2.42. The van der Waals surface area contributed by atoms with Crippen LogP contribution >= 0.6 is 11.6 Å². The van der Waals surface area contributed by atoms with E-state index < -0.39 is 10.0 Å². The molecule has 2 atom stereocenters. The highest BCUT2D eigenvalue weighted by molar-refractivity contribution is 7.89. The highest BCUT2D eigenvalue weighted by Crippen LogP contribution is 2.25. The monoisotopic (exact) mass is 357 g/mol. The van der Waals surface area contributed by atoms with Crippen molar-refractivity contribution in [3.8, 4) is 0 Å². The van der Waals surface area contributed by atoms with Crippen LogP contribution in [0.1, 0.15) is 25.7 Å². The minimum atomic E-state index is -3.50. The second-order valence-corrected chi connectivity index (χ2v) is 8.47. The van der Waals surface area contributed by atoms with E-state index in [1.54, 1.807) is 24.3 Å². The molecule has 5 nitrogen and oxygen atoms in total. The lowest BCUT2D eigenvalue weighted by atomic mass is 9.89. The zero-order chi connectivity index (χ0) is 16.3. The molecule has 0 amide bonds. The van der Waals surface area contributed by atoms with Crippen LogP contribution in [-0.2, 0) is 10.0 Å². The van der Waals surface area contributed by atoms with Gasteiger partial charge in [0.15, 0.2) is 0 Å². The van der Waals surface area contributed by atoms with Gasteiger partial charge in [-0.15, -0.1) is 0 Å². The van der Waals surface area contributed by atoms with Gasteiger partial charge in [-0.2, -0.15) is 0 Å². The predicted molar refractivity (Wildman–Crippen MR) is 92.3 cm³/mol. The van der Waals surface area contributed by atoms with Gasteiger partial charge in [-0.05, 0) is 37.1 Å². The Bertz CT molecular complexity index is 615. The van der Waals surface area contributed by atoms with Crippen LogP contribution in [0, 0.1) is 0 Å². The molecular formula is C16H24ClN3O2S. The summed E-state index contributed by atoms with van der Waals surface area (Å²) in [5.74, 6) is 0. The third-order valence-corrected chi connectivity index (χ3v) is 6.54. The summed E-state index contributed by atoms with van der Waals surface area (Å²) in [4.78, 5) is 2.72. The molecule has 2 aliphatic rings. The smallest absolute Gasteiger partial charge is 0.240 e. The molecule has 1 saturated heterocycles. The van der Waals surface area contributed by atoms with Crippen molar-refractivity contribution in [3.63, 3.8) is 0 Å². The van der Waals surface area contributed by atoms with Gasteiger partial charge >= 0.3 is 0 Å². The van der Waals surface area contributed by atoms with Crippen molar-refractivity contribution in [1.29, 1.82) is 0 Å². The fourth-order valence-corrected chi connectivity index (χ4v) is 5.01. The number of sulfonamides is 1. The van der Waals surface area contributed by atoms with Gasteiger partial charge in [-0.25, -0.2) is 13.1 Å². The van der Waals surface area contributed by atoms with Gasteiger partial charge in [0.1, 0.15) is 0 Å². The Morgan fingerprint density at radius 3 is 2.43 bits per heavy atom. The zero-order valence-electron chi connectivity index (χ0n) is 13.2. The standard InChI is InChI=1S/C16H24ClN3O2S/c17-13-5-7-14(8-6-13)23(21,22)19-15-3-1-2-4-16(15)20-11-9-18-10-12-20/h5-8,15-16,18-19H,1-4,9-12H2/t15-,16+/m0/s1. The van der Waals surface area contributed by atoms with E-state index in [1.807, 2.05) is 0 Å². The third-order valence-electron chi connectivity index (χ3n) is 4.78. The molecule has 1 aromatic rings. The molecule has 0 spiro atoms. The summed E-state index contributed by atoms with van der Waals surface area (Å²) in [5.41, 5.74) is 0. The van der Waals surface area contributed by atoms with Crippen LogP contribution in [0.4, 0.5) is 0 Å². The summed E-state index contributed by atoms with van der Waals surface area (Å²) >= 11 is 5.85. The highest BCUT2D eigenvalue weighted by Gasteiger charge is 2.33. The number of hydrogen-bond donors (Lipinski definition) is 2. The molecule has 1 aliphatic carbocycles. The molecule has 0 bridgehead atoms. The first kappa shape index (κ1) is 17.2. The molecule has 2 N–H and O–H groups in total. The summed E-state index contributed by atoms with van der Waals surface area (Å²) < 4.78 is 28.3. The summed E-state index contributed by atoms with van der Waals surface area (Å²) in [6.45, 7) is 3.94. The van der Waals surface area contributed by atoms with Gasteiger partial charge in [0, 0.05) is 43.3 Å². The second-order valence-electron chi connectivity index (χ2n) is 6.32. The van der Waals surface area contributed by atoms with Gasteiger partial charge in [0.05, 0.1) is 4.90 Å². The molecule has 0 radical (unpaired) electrons. The number of halogens is 1. The van der Waals surface area contributed by atoms with E-state index in [0.29, 0.717) is 11.1 Å². The molecule has 128 valence electrons. The number of hydrogen-bond acceptors (Lipinski definition) is 4. The van der Waals surface area contributed by atoms with Crippen LogP contribution in [0.25, 0.3) is 0 Å². The lowest BCUT2D eigenvalue weighted by Crippen LogP contribution is -2.57. The maximum absolute atomic E-state index is 12.7. The van der Waals surface area contributed by atoms with E-state index in [1.165, 1.54) is 6.42 Å². The number of nitrogens with one attached hydrogen (secondary N) is 2. The summed E-state index contributed by atoms with van der Waals surface area (Å²) in [6.07, 6.45) is 4.22. The van der Waals surface area contributed by atoms with E-state index >= 15 is 0 Å². The molecule has 2 fully saturated rings. The van der Waals surface area contributed by atoms with Crippen molar-refractivity contribution in [1.82, 2.24) is 14.9 Å². The molecule has 3 rings (SSSR count). The fraction of sp³-hybridized carbons (Fsp3) is 0.625. The Balaban J connectivity index is 1.74. The molecule has 1 aliphatic heterocycles. The average Bonchev–Trinajstić information content (AvgIpc) is 2.56. The van der Waals surface area contributed by atoms with Crippen LogP contribution < -0.4 is 10.0 Å². The Morgan fingerprint density at radius 2 is 1.74 bits per heavy atom. The normalized spacial score (nSPS) is 27.0. The Labute approximate surface area is 143 Å². The number of piperazine rings is 1. The molecule has 1 heterocycles. The van der Waals surface area contributed by atoms with E-state index in [9.17, 15) is 8.42 Å². The minimum Gasteiger partial charge on any atom is -0.314 e. The minimum absolute atomic E-state index is 0.0115. The maximum Gasteiger partial charge on any atom is 0.240 e. The van der Waals surface area contributed by atoms with Crippen LogP contribution in [0.2, 0.25) is 5.02 Å². The van der Waals surface area contributed by atoms with E-state index in [-0.39, 0.29) is 10.9 Å². The first-order valence-corrected chi connectivity index (χ1v) is 10.1. The van der Waals surface area contributed by atoms with Crippen molar-refractivity contribution in [2.45, 2.75) is 42.7 Å². The van der Waals surface area contributed by atoms with Crippen LogP contribution in [-0.4, -0.2) is 51.6 Å². The topological polar surface area (TPSA) is 61.4 Å². The third kappa shape index (κ3) is 4.25. The largest absolute Gasteiger partial charge is 0.314 e. The number of rotatable bonds is 4. The van der Waals surface area contributed by atoms with Crippen LogP contribution in [0.15, 0.2) is 29.2 Å². The van der Waals surface area contributed by atoms with Crippen molar-refractivity contribution in [3.05, 3.63) is 29.3 Å². The Kier molecular flexibility index (Phi) is 5.59. The number of benzene rings is 1. The van der Waals surface area contributed by atoms with Crippen LogP contribution in [0.3, 0.4) is 0 Å².